The molecule has 0 heterocycles. The Kier molecular flexibility index (Phi) is 7.59. The van der Waals surface area contributed by atoms with Crippen molar-refractivity contribution in [2.45, 2.75) is 46.6 Å². The third-order valence-electron chi connectivity index (χ3n) is 4.66. The molecule has 0 saturated heterocycles. The van der Waals surface area contributed by atoms with Crippen molar-refractivity contribution in [3.63, 3.8) is 0 Å². The highest BCUT2D eigenvalue weighted by Crippen LogP contribution is 2.31. The number of halogens is 1. The van der Waals surface area contributed by atoms with E-state index < -0.39 is 6.03 Å². The van der Waals surface area contributed by atoms with Crippen LogP contribution in [-0.2, 0) is 6.54 Å². The van der Waals surface area contributed by atoms with E-state index in [2.05, 4.69) is 15.8 Å². The fraction of sp³-hybridized carbons (Fsp3) is 0.364. The van der Waals surface area contributed by atoms with Gasteiger partial charge in [-0.05, 0) is 48.6 Å². The van der Waals surface area contributed by atoms with E-state index in [0.717, 1.165) is 5.56 Å². The molecule has 29 heavy (non-hydrogen) atoms. The number of phenolic OH excluding ortho intramolecular Hbond substituents is 1. The van der Waals surface area contributed by atoms with Crippen LogP contribution in [0.15, 0.2) is 35.4 Å². The number of ether oxygens (including phenoxy) is 1. The first-order valence-electron chi connectivity index (χ1n) is 9.54. The molecule has 0 aromatic heterocycles. The van der Waals surface area contributed by atoms with E-state index in [-0.39, 0.29) is 24.0 Å². The van der Waals surface area contributed by atoms with Gasteiger partial charge in [-0.15, -0.1) is 0 Å². The molecule has 2 aromatic carbocycles. The number of nitrogens with one attached hydrogen (secondary N) is 2. The van der Waals surface area contributed by atoms with Crippen LogP contribution in [0.2, 0.25) is 0 Å². The third kappa shape index (κ3) is 5.47. The van der Waals surface area contributed by atoms with E-state index in [1.807, 2.05) is 20.8 Å². The molecule has 2 rings (SSSR count). The predicted octanol–water partition coefficient (Wildman–Crippen LogP) is 4.59. The van der Waals surface area contributed by atoms with Crippen molar-refractivity contribution >= 4 is 11.7 Å². The van der Waals surface area contributed by atoms with E-state index in [1.54, 1.807) is 31.2 Å². The summed E-state index contributed by atoms with van der Waals surface area (Å²) in [7, 11) is 1.52. The Balaban J connectivity index is 2.08. The minimum Gasteiger partial charge on any atom is -0.508 e. The Labute approximate surface area is 170 Å². The Bertz CT molecular complexity index is 910. The summed E-state index contributed by atoms with van der Waals surface area (Å²) in [5.41, 5.74) is 5.82. The number of carbonyl (C=O) groups excluding carboxylic acids is 1. The van der Waals surface area contributed by atoms with E-state index >= 15 is 0 Å². The summed E-state index contributed by atoms with van der Waals surface area (Å²) in [5.74, 6) is 0.458. The molecule has 156 valence electrons. The van der Waals surface area contributed by atoms with Crippen LogP contribution in [0.1, 0.15) is 55.4 Å². The number of phenols is 1. The lowest BCUT2D eigenvalue weighted by molar-refractivity contribution is 0.241. The fourth-order valence-electron chi connectivity index (χ4n) is 2.99. The van der Waals surface area contributed by atoms with E-state index in [4.69, 9.17) is 4.74 Å². The molecule has 0 aliphatic heterocycles. The number of benzene rings is 2. The van der Waals surface area contributed by atoms with Gasteiger partial charge < -0.3 is 15.2 Å². The Morgan fingerprint density at radius 2 is 2.00 bits per heavy atom. The minimum atomic E-state index is -0.471. The molecule has 0 spiro atoms. The highest BCUT2D eigenvalue weighted by Gasteiger charge is 2.15. The van der Waals surface area contributed by atoms with Crippen molar-refractivity contribution in [1.29, 1.82) is 0 Å². The molecule has 0 atom stereocenters. The SMILES string of the molecule is CC/C(=N\NC(=O)NCc1ccc(F)c(C(C)C)c1)c1ccc(O)c(C)c1OC. The molecule has 2 amide bonds. The average Bonchev–Trinajstić information content (AvgIpc) is 2.70. The smallest absolute Gasteiger partial charge is 0.335 e. The maximum absolute atomic E-state index is 13.8. The van der Waals surface area contributed by atoms with E-state index in [0.29, 0.717) is 34.6 Å². The van der Waals surface area contributed by atoms with Crippen molar-refractivity contribution in [3.8, 4) is 11.5 Å². The molecule has 0 fully saturated rings. The summed E-state index contributed by atoms with van der Waals surface area (Å²) < 4.78 is 19.2. The quantitative estimate of drug-likeness (QED) is 0.469. The number of urea groups is 1. The number of hydrogen-bond donors (Lipinski definition) is 3. The standard InChI is InChI=1S/C22H28FN3O3/c1-6-19(16-8-10-20(27)14(4)21(16)29-5)25-26-22(28)24-12-15-7-9-18(23)17(11-15)13(2)3/h7-11,13,27H,6,12H2,1-5H3,(H2,24,26,28)/b25-19+. The van der Waals surface area contributed by atoms with Gasteiger partial charge in [0.05, 0.1) is 12.8 Å². The van der Waals surface area contributed by atoms with Gasteiger partial charge >= 0.3 is 6.03 Å². The van der Waals surface area contributed by atoms with Gasteiger partial charge in [-0.25, -0.2) is 14.6 Å². The Morgan fingerprint density at radius 1 is 1.28 bits per heavy atom. The van der Waals surface area contributed by atoms with Gasteiger partial charge in [0.15, 0.2) is 0 Å². The molecule has 0 bridgehead atoms. The van der Waals surface area contributed by atoms with Crippen LogP contribution < -0.4 is 15.5 Å². The average molecular weight is 401 g/mol. The van der Waals surface area contributed by atoms with Gasteiger partial charge in [0, 0.05) is 17.7 Å². The second-order valence-corrected chi connectivity index (χ2v) is 7.01. The third-order valence-corrected chi connectivity index (χ3v) is 4.66. The van der Waals surface area contributed by atoms with Crippen molar-refractivity contribution in [2.75, 3.05) is 7.11 Å². The van der Waals surface area contributed by atoms with E-state index in [1.165, 1.54) is 13.2 Å². The number of aromatic hydroxyl groups is 1. The number of hydrogen-bond acceptors (Lipinski definition) is 4. The zero-order chi connectivity index (χ0) is 21.6. The molecule has 0 unspecified atom stereocenters. The summed E-state index contributed by atoms with van der Waals surface area (Å²) in [6.07, 6.45) is 0.552. The lowest BCUT2D eigenvalue weighted by Gasteiger charge is -2.14. The van der Waals surface area contributed by atoms with Gasteiger partial charge in [0.25, 0.3) is 0 Å². The number of hydrazone groups is 1. The Morgan fingerprint density at radius 3 is 2.62 bits per heavy atom. The first-order valence-corrected chi connectivity index (χ1v) is 9.54. The summed E-state index contributed by atoms with van der Waals surface area (Å²) in [6.45, 7) is 7.75. The zero-order valence-corrected chi connectivity index (χ0v) is 17.5. The minimum absolute atomic E-state index is 0.0595. The molecule has 0 radical (unpaired) electrons. The van der Waals surface area contributed by atoms with Crippen molar-refractivity contribution in [2.24, 2.45) is 5.10 Å². The van der Waals surface area contributed by atoms with Crippen molar-refractivity contribution < 1.29 is 19.0 Å². The first-order chi connectivity index (χ1) is 13.8. The monoisotopic (exact) mass is 401 g/mol. The number of rotatable bonds is 7. The molecule has 3 N–H and O–H groups in total. The molecule has 2 aromatic rings. The summed E-state index contributed by atoms with van der Waals surface area (Å²) in [5, 5.41) is 16.8. The van der Waals surface area contributed by atoms with Crippen LogP contribution in [0.25, 0.3) is 0 Å². The summed E-state index contributed by atoms with van der Waals surface area (Å²) >= 11 is 0. The van der Waals surface area contributed by atoms with Gasteiger partial charge in [-0.2, -0.15) is 5.10 Å². The maximum Gasteiger partial charge on any atom is 0.335 e. The molecule has 6 nitrogen and oxygen atoms in total. The highest BCUT2D eigenvalue weighted by atomic mass is 19.1. The molecule has 0 aliphatic rings. The number of nitrogens with zero attached hydrogens (tertiary/aromatic N) is 1. The van der Waals surface area contributed by atoms with Crippen LogP contribution in [0.5, 0.6) is 11.5 Å². The first kappa shape index (κ1) is 22.2. The van der Waals surface area contributed by atoms with Crippen molar-refractivity contribution in [3.05, 3.63) is 58.4 Å². The molecule has 0 saturated carbocycles. The van der Waals surface area contributed by atoms with Gasteiger partial charge in [0.1, 0.15) is 17.3 Å². The molecular weight excluding hydrogens is 373 g/mol. The molecular formula is C22H28FN3O3. The molecule has 7 heteroatoms. The van der Waals surface area contributed by atoms with Crippen LogP contribution in [0.3, 0.4) is 0 Å². The second kappa shape index (κ2) is 9.91. The van der Waals surface area contributed by atoms with Crippen LogP contribution in [0.4, 0.5) is 9.18 Å². The fourth-order valence-corrected chi connectivity index (χ4v) is 2.99. The van der Waals surface area contributed by atoms with Crippen LogP contribution in [-0.4, -0.2) is 24.0 Å². The van der Waals surface area contributed by atoms with Gasteiger partial charge in [-0.3, -0.25) is 0 Å². The number of amides is 2. The maximum atomic E-state index is 13.8. The molecule has 0 aliphatic carbocycles. The topological polar surface area (TPSA) is 83.0 Å². The van der Waals surface area contributed by atoms with Crippen LogP contribution >= 0.6 is 0 Å². The van der Waals surface area contributed by atoms with Crippen LogP contribution in [0, 0.1) is 12.7 Å². The van der Waals surface area contributed by atoms with E-state index in [9.17, 15) is 14.3 Å². The number of methoxy groups -OCH3 is 1. The van der Waals surface area contributed by atoms with Crippen molar-refractivity contribution in [1.82, 2.24) is 10.7 Å². The lowest BCUT2D eigenvalue weighted by Crippen LogP contribution is -2.32. The second-order valence-electron chi connectivity index (χ2n) is 7.01. The largest absolute Gasteiger partial charge is 0.508 e. The van der Waals surface area contributed by atoms with Gasteiger partial charge in [0.2, 0.25) is 0 Å². The zero-order valence-electron chi connectivity index (χ0n) is 17.5. The highest BCUT2D eigenvalue weighted by molar-refractivity contribution is 6.03. The van der Waals surface area contributed by atoms with Gasteiger partial charge in [-0.1, -0.05) is 32.9 Å². The lowest BCUT2D eigenvalue weighted by atomic mass is 10.0. The summed E-state index contributed by atoms with van der Waals surface area (Å²) in [6, 6.07) is 7.61. The Hall–Kier alpha value is -3.09. The summed E-state index contributed by atoms with van der Waals surface area (Å²) in [4.78, 5) is 12.2. The predicted molar refractivity (Wildman–Crippen MR) is 112 cm³/mol. The number of carbonyl (C=O) groups is 1. The normalized spacial score (nSPS) is 11.5.